The number of benzene rings is 1. The summed E-state index contributed by atoms with van der Waals surface area (Å²) in [5.41, 5.74) is 8.60. The van der Waals surface area contributed by atoms with Crippen LogP contribution in [-0.2, 0) is 0 Å². The number of nitrogens with two attached hydrogens (primary N) is 1. The van der Waals surface area contributed by atoms with Gasteiger partial charge in [-0.2, -0.15) is 0 Å². The third-order valence-electron chi connectivity index (χ3n) is 4.01. The first-order valence-corrected chi connectivity index (χ1v) is 7.02. The SMILES string of the molecule is CCN1CCC[C@@H]1CNc1cc(N)cc2ccoc12. The smallest absolute Gasteiger partial charge is 0.157 e. The van der Waals surface area contributed by atoms with Gasteiger partial charge >= 0.3 is 0 Å². The summed E-state index contributed by atoms with van der Waals surface area (Å²) in [6.45, 7) is 5.52. The fourth-order valence-electron chi connectivity index (χ4n) is 3.01. The van der Waals surface area contributed by atoms with E-state index in [9.17, 15) is 0 Å². The molecule has 0 bridgehead atoms. The van der Waals surface area contributed by atoms with Crippen LogP contribution in [-0.4, -0.2) is 30.6 Å². The van der Waals surface area contributed by atoms with Crippen LogP contribution in [0.15, 0.2) is 28.9 Å². The topological polar surface area (TPSA) is 54.4 Å². The molecule has 3 rings (SSSR count). The van der Waals surface area contributed by atoms with E-state index in [1.165, 1.54) is 19.4 Å². The van der Waals surface area contributed by atoms with Gasteiger partial charge in [0.2, 0.25) is 0 Å². The second-order valence-electron chi connectivity index (χ2n) is 5.21. The Hall–Kier alpha value is -1.68. The lowest BCUT2D eigenvalue weighted by molar-refractivity contribution is 0.277. The zero-order chi connectivity index (χ0) is 13.2. The summed E-state index contributed by atoms with van der Waals surface area (Å²) in [6, 6.07) is 6.47. The lowest BCUT2D eigenvalue weighted by Gasteiger charge is -2.23. The summed E-state index contributed by atoms with van der Waals surface area (Å²) >= 11 is 0. The van der Waals surface area contributed by atoms with E-state index in [1.54, 1.807) is 6.26 Å². The van der Waals surface area contributed by atoms with E-state index in [0.29, 0.717) is 6.04 Å². The molecule has 102 valence electrons. The molecule has 1 aliphatic rings. The zero-order valence-electron chi connectivity index (χ0n) is 11.4. The molecule has 1 fully saturated rings. The summed E-state index contributed by atoms with van der Waals surface area (Å²) in [5, 5.41) is 4.56. The van der Waals surface area contributed by atoms with Gasteiger partial charge in [0.25, 0.3) is 0 Å². The van der Waals surface area contributed by atoms with Crippen molar-refractivity contribution in [1.82, 2.24) is 4.90 Å². The van der Waals surface area contributed by atoms with Crippen molar-refractivity contribution < 1.29 is 4.42 Å². The molecule has 4 heteroatoms. The lowest BCUT2D eigenvalue weighted by Crippen LogP contribution is -2.34. The molecule has 0 spiro atoms. The second-order valence-corrected chi connectivity index (χ2v) is 5.21. The molecule has 0 aliphatic carbocycles. The van der Waals surface area contributed by atoms with Crippen LogP contribution in [0, 0.1) is 0 Å². The maximum atomic E-state index is 5.93. The number of hydrogen-bond donors (Lipinski definition) is 2. The van der Waals surface area contributed by atoms with Crippen molar-refractivity contribution in [2.24, 2.45) is 0 Å². The molecule has 3 N–H and O–H groups in total. The van der Waals surface area contributed by atoms with E-state index in [0.717, 1.165) is 35.4 Å². The van der Waals surface area contributed by atoms with Gasteiger partial charge in [-0.05, 0) is 44.1 Å². The molecule has 0 amide bonds. The standard InChI is InChI=1S/C15H21N3O/c1-2-18-6-3-4-13(18)10-17-14-9-12(16)8-11-5-7-19-15(11)14/h5,7-9,13,17H,2-4,6,10,16H2,1H3/t13-/m1/s1. The van der Waals surface area contributed by atoms with Gasteiger partial charge in [0.1, 0.15) is 0 Å². The highest BCUT2D eigenvalue weighted by Crippen LogP contribution is 2.28. The van der Waals surface area contributed by atoms with Crippen LogP contribution < -0.4 is 11.1 Å². The molecule has 0 saturated carbocycles. The quantitative estimate of drug-likeness (QED) is 0.829. The number of hydrogen-bond acceptors (Lipinski definition) is 4. The van der Waals surface area contributed by atoms with E-state index in [-0.39, 0.29) is 0 Å². The molecule has 1 aliphatic heterocycles. The third-order valence-corrected chi connectivity index (χ3v) is 4.01. The number of anilines is 2. The Morgan fingerprint density at radius 1 is 1.47 bits per heavy atom. The Morgan fingerprint density at radius 3 is 3.21 bits per heavy atom. The molecular weight excluding hydrogens is 238 g/mol. The predicted molar refractivity (Wildman–Crippen MR) is 79.4 cm³/mol. The molecule has 1 aromatic carbocycles. The molecule has 0 unspecified atom stereocenters. The van der Waals surface area contributed by atoms with Crippen molar-refractivity contribution in [2.45, 2.75) is 25.8 Å². The number of likely N-dealkylation sites (N-methyl/N-ethyl adjacent to an activating group) is 1. The average Bonchev–Trinajstić information content (AvgIpc) is 3.03. The third kappa shape index (κ3) is 2.40. The van der Waals surface area contributed by atoms with Crippen molar-refractivity contribution in [3.05, 3.63) is 24.5 Å². The number of nitrogens with one attached hydrogen (secondary N) is 1. The van der Waals surface area contributed by atoms with Gasteiger partial charge in [-0.1, -0.05) is 6.92 Å². The van der Waals surface area contributed by atoms with E-state index in [4.69, 9.17) is 10.2 Å². The van der Waals surface area contributed by atoms with Gasteiger partial charge in [0.15, 0.2) is 5.58 Å². The van der Waals surface area contributed by atoms with Crippen LogP contribution in [0.5, 0.6) is 0 Å². The van der Waals surface area contributed by atoms with Gasteiger partial charge < -0.3 is 15.5 Å². The minimum atomic E-state index is 0.622. The average molecular weight is 259 g/mol. The molecule has 1 atom stereocenters. The van der Waals surface area contributed by atoms with Crippen molar-refractivity contribution >= 4 is 22.3 Å². The van der Waals surface area contributed by atoms with Crippen LogP contribution >= 0.6 is 0 Å². The van der Waals surface area contributed by atoms with E-state index in [2.05, 4.69) is 17.1 Å². The minimum absolute atomic E-state index is 0.622. The van der Waals surface area contributed by atoms with E-state index in [1.807, 2.05) is 18.2 Å². The Morgan fingerprint density at radius 2 is 2.37 bits per heavy atom. The van der Waals surface area contributed by atoms with Crippen molar-refractivity contribution in [2.75, 3.05) is 30.7 Å². The van der Waals surface area contributed by atoms with Gasteiger partial charge in [0.05, 0.1) is 12.0 Å². The lowest BCUT2D eigenvalue weighted by atomic mass is 10.2. The molecule has 19 heavy (non-hydrogen) atoms. The van der Waals surface area contributed by atoms with Crippen molar-refractivity contribution in [1.29, 1.82) is 0 Å². The maximum Gasteiger partial charge on any atom is 0.157 e. The molecular formula is C15H21N3O. The van der Waals surface area contributed by atoms with Crippen molar-refractivity contribution in [3.63, 3.8) is 0 Å². The fourth-order valence-corrected chi connectivity index (χ4v) is 3.01. The van der Waals surface area contributed by atoms with Crippen LogP contribution in [0.3, 0.4) is 0 Å². The number of fused-ring (bicyclic) bond motifs is 1. The normalized spacial score (nSPS) is 20.2. The highest BCUT2D eigenvalue weighted by atomic mass is 16.3. The number of furan rings is 1. The monoisotopic (exact) mass is 259 g/mol. The minimum Gasteiger partial charge on any atom is -0.462 e. The van der Waals surface area contributed by atoms with Gasteiger partial charge in [-0.3, -0.25) is 4.90 Å². The van der Waals surface area contributed by atoms with Gasteiger partial charge in [-0.15, -0.1) is 0 Å². The molecule has 1 saturated heterocycles. The fraction of sp³-hybridized carbons (Fsp3) is 0.467. The van der Waals surface area contributed by atoms with Gasteiger partial charge in [-0.25, -0.2) is 0 Å². The molecule has 1 aromatic heterocycles. The van der Waals surface area contributed by atoms with Crippen LogP contribution in [0.4, 0.5) is 11.4 Å². The maximum absolute atomic E-state index is 5.93. The summed E-state index contributed by atoms with van der Waals surface area (Å²) in [4.78, 5) is 2.53. The Labute approximate surface area is 113 Å². The first-order valence-electron chi connectivity index (χ1n) is 7.02. The Balaban J connectivity index is 1.76. The summed E-state index contributed by atoms with van der Waals surface area (Å²) in [6.07, 6.45) is 4.28. The number of rotatable bonds is 4. The van der Waals surface area contributed by atoms with E-state index >= 15 is 0 Å². The zero-order valence-corrected chi connectivity index (χ0v) is 11.4. The number of nitrogen functional groups attached to an aromatic ring is 1. The van der Waals surface area contributed by atoms with Crippen LogP contribution in [0.25, 0.3) is 11.0 Å². The second kappa shape index (κ2) is 5.13. The van der Waals surface area contributed by atoms with E-state index < -0.39 is 0 Å². The van der Waals surface area contributed by atoms with Crippen molar-refractivity contribution in [3.8, 4) is 0 Å². The molecule has 4 nitrogen and oxygen atoms in total. The molecule has 2 heterocycles. The first-order chi connectivity index (χ1) is 9.28. The summed E-state index contributed by atoms with van der Waals surface area (Å²) in [7, 11) is 0. The van der Waals surface area contributed by atoms with Crippen LogP contribution in [0.1, 0.15) is 19.8 Å². The highest BCUT2D eigenvalue weighted by molar-refractivity contribution is 5.92. The number of nitrogens with zero attached hydrogens (tertiary/aromatic N) is 1. The Bertz CT molecular complexity index is 564. The summed E-state index contributed by atoms with van der Waals surface area (Å²) in [5.74, 6) is 0. The van der Waals surface area contributed by atoms with Gasteiger partial charge in [0, 0.05) is 23.7 Å². The number of likely N-dealkylation sites (tertiary alicyclic amines) is 1. The highest BCUT2D eigenvalue weighted by Gasteiger charge is 2.22. The first kappa shape index (κ1) is 12.4. The van der Waals surface area contributed by atoms with Crippen LogP contribution in [0.2, 0.25) is 0 Å². The largest absolute Gasteiger partial charge is 0.462 e. The predicted octanol–water partition coefficient (Wildman–Crippen LogP) is 2.91. The summed E-state index contributed by atoms with van der Waals surface area (Å²) < 4.78 is 5.54. The molecule has 0 radical (unpaired) electrons. The Kier molecular flexibility index (Phi) is 3.34. The molecule has 2 aromatic rings.